The number of rotatable bonds is 5. The Morgan fingerprint density at radius 2 is 1.95 bits per heavy atom. The van der Waals surface area contributed by atoms with Crippen LogP contribution in [0.2, 0.25) is 0 Å². The standard InChI is InChI=1S/C16H29NO3/c1-5-13-7-6-9-17(10-8-13)14(18)11-16(4,12(2)3)15(19)20/h12-13H,5-11H2,1-4H3,(H,19,20). The molecule has 1 amide bonds. The number of carboxylic acid groups (broad SMARTS) is 1. The van der Waals surface area contributed by atoms with Gasteiger partial charge in [-0.2, -0.15) is 0 Å². The molecule has 1 fully saturated rings. The molecule has 1 saturated heterocycles. The number of carboxylic acids is 1. The number of amides is 1. The van der Waals surface area contributed by atoms with Gasteiger partial charge in [-0.15, -0.1) is 0 Å². The Morgan fingerprint density at radius 3 is 2.45 bits per heavy atom. The van der Waals surface area contributed by atoms with Crippen molar-refractivity contribution in [3.05, 3.63) is 0 Å². The number of carbonyl (C=O) groups is 2. The molecule has 0 aromatic rings. The Labute approximate surface area is 122 Å². The fraction of sp³-hybridized carbons (Fsp3) is 0.875. The lowest BCUT2D eigenvalue weighted by molar-refractivity contribution is -0.155. The predicted molar refractivity (Wildman–Crippen MR) is 79.4 cm³/mol. The second-order valence-corrected chi connectivity index (χ2v) is 6.64. The molecule has 1 heterocycles. The van der Waals surface area contributed by atoms with Crippen molar-refractivity contribution < 1.29 is 14.7 Å². The van der Waals surface area contributed by atoms with Crippen molar-refractivity contribution >= 4 is 11.9 Å². The van der Waals surface area contributed by atoms with Crippen molar-refractivity contribution in [3.63, 3.8) is 0 Å². The first-order valence-corrected chi connectivity index (χ1v) is 7.82. The average Bonchev–Trinajstić information content (AvgIpc) is 2.63. The summed E-state index contributed by atoms with van der Waals surface area (Å²) in [7, 11) is 0. The molecule has 1 aliphatic rings. The van der Waals surface area contributed by atoms with Crippen LogP contribution in [-0.2, 0) is 9.59 Å². The first-order valence-electron chi connectivity index (χ1n) is 7.82. The quantitative estimate of drug-likeness (QED) is 0.843. The second kappa shape index (κ2) is 7.09. The van der Waals surface area contributed by atoms with Crippen molar-refractivity contribution in [2.45, 2.75) is 59.8 Å². The van der Waals surface area contributed by atoms with Crippen LogP contribution in [0.1, 0.15) is 59.8 Å². The number of carbonyl (C=O) groups excluding carboxylic acids is 1. The summed E-state index contributed by atoms with van der Waals surface area (Å²) < 4.78 is 0. The van der Waals surface area contributed by atoms with Crippen molar-refractivity contribution in [1.29, 1.82) is 0 Å². The molecule has 4 nitrogen and oxygen atoms in total. The molecule has 2 unspecified atom stereocenters. The fourth-order valence-corrected chi connectivity index (χ4v) is 2.78. The molecule has 20 heavy (non-hydrogen) atoms. The van der Waals surface area contributed by atoms with Gasteiger partial charge in [0.15, 0.2) is 0 Å². The Bertz CT molecular complexity index is 354. The van der Waals surface area contributed by atoms with Gasteiger partial charge in [0, 0.05) is 19.5 Å². The Hall–Kier alpha value is -1.06. The van der Waals surface area contributed by atoms with Crippen molar-refractivity contribution in [1.82, 2.24) is 4.90 Å². The summed E-state index contributed by atoms with van der Waals surface area (Å²) in [5.74, 6) is -0.217. The molecule has 1 N–H and O–H groups in total. The van der Waals surface area contributed by atoms with Gasteiger partial charge in [0.1, 0.15) is 0 Å². The molecule has 1 rings (SSSR count). The topological polar surface area (TPSA) is 57.6 Å². The third kappa shape index (κ3) is 3.97. The number of nitrogens with zero attached hydrogens (tertiary/aromatic N) is 1. The molecular formula is C16H29NO3. The summed E-state index contributed by atoms with van der Waals surface area (Å²) in [6, 6.07) is 0. The molecule has 0 aromatic carbocycles. The summed E-state index contributed by atoms with van der Waals surface area (Å²) in [5, 5.41) is 9.42. The maximum absolute atomic E-state index is 12.4. The third-order valence-corrected chi connectivity index (χ3v) is 5.06. The number of aliphatic carboxylic acids is 1. The molecule has 0 bridgehead atoms. The van der Waals surface area contributed by atoms with Crippen LogP contribution in [0.4, 0.5) is 0 Å². The van der Waals surface area contributed by atoms with E-state index in [0.29, 0.717) is 5.92 Å². The van der Waals surface area contributed by atoms with Gasteiger partial charge in [-0.05, 0) is 38.0 Å². The number of likely N-dealkylation sites (tertiary alicyclic amines) is 1. The van der Waals surface area contributed by atoms with Crippen LogP contribution in [0.3, 0.4) is 0 Å². The lowest BCUT2D eigenvalue weighted by atomic mass is 9.76. The highest BCUT2D eigenvalue weighted by Gasteiger charge is 2.40. The van der Waals surface area contributed by atoms with Crippen LogP contribution >= 0.6 is 0 Å². The molecule has 1 aliphatic heterocycles. The molecule has 0 radical (unpaired) electrons. The Morgan fingerprint density at radius 1 is 1.30 bits per heavy atom. The van der Waals surface area contributed by atoms with Crippen molar-refractivity contribution in [3.8, 4) is 0 Å². The maximum atomic E-state index is 12.4. The van der Waals surface area contributed by atoms with Crippen LogP contribution in [0.25, 0.3) is 0 Å². The van der Waals surface area contributed by atoms with Crippen molar-refractivity contribution in [2.24, 2.45) is 17.3 Å². The van der Waals surface area contributed by atoms with E-state index >= 15 is 0 Å². The molecule has 2 atom stereocenters. The highest BCUT2D eigenvalue weighted by atomic mass is 16.4. The summed E-state index contributed by atoms with van der Waals surface area (Å²) in [5.41, 5.74) is -0.965. The molecule has 116 valence electrons. The van der Waals surface area contributed by atoms with E-state index in [1.54, 1.807) is 6.92 Å². The first-order chi connectivity index (χ1) is 9.31. The van der Waals surface area contributed by atoms with E-state index in [9.17, 15) is 14.7 Å². The zero-order chi connectivity index (χ0) is 15.3. The molecule has 0 spiro atoms. The summed E-state index contributed by atoms with van der Waals surface area (Å²) in [4.78, 5) is 25.8. The Balaban J connectivity index is 2.68. The summed E-state index contributed by atoms with van der Waals surface area (Å²) in [6.07, 6.45) is 4.54. The van der Waals surface area contributed by atoms with E-state index in [4.69, 9.17) is 0 Å². The van der Waals surface area contributed by atoms with Crippen LogP contribution in [0.5, 0.6) is 0 Å². The lowest BCUT2D eigenvalue weighted by Gasteiger charge is -2.31. The smallest absolute Gasteiger partial charge is 0.310 e. The van der Waals surface area contributed by atoms with Gasteiger partial charge in [-0.3, -0.25) is 9.59 Å². The molecular weight excluding hydrogens is 254 g/mol. The molecule has 0 aromatic heterocycles. The lowest BCUT2D eigenvalue weighted by Crippen LogP contribution is -2.41. The van der Waals surface area contributed by atoms with Crippen molar-refractivity contribution in [2.75, 3.05) is 13.1 Å². The fourth-order valence-electron chi connectivity index (χ4n) is 2.78. The monoisotopic (exact) mass is 283 g/mol. The van der Waals surface area contributed by atoms with Gasteiger partial charge in [0.05, 0.1) is 5.41 Å². The first kappa shape index (κ1) is 17.0. The SMILES string of the molecule is CCC1CCCN(C(=O)CC(C)(C(=O)O)C(C)C)CC1. The molecule has 0 saturated carbocycles. The Kier molecular flexibility index (Phi) is 6.03. The van der Waals surface area contributed by atoms with Gasteiger partial charge in [-0.1, -0.05) is 27.2 Å². The van der Waals surface area contributed by atoms with E-state index in [-0.39, 0.29) is 18.2 Å². The normalized spacial score (nSPS) is 23.2. The zero-order valence-corrected chi connectivity index (χ0v) is 13.3. The van der Waals surface area contributed by atoms with Gasteiger partial charge in [-0.25, -0.2) is 0 Å². The van der Waals surface area contributed by atoms with Crippen LogP contribution in [0, 0.1) is 17.3 Å². The van der Waals surface area contributed by atoms with E-state index in [1.807, 2.05) is 18.7 Å². The third-order valence-electron chi connectivity index (χ3n) is 5.06. The van der Waals surface area contributed by atoms with Gasteiger partial charge >= 0.3 is 5.97 Å². The van der Waals surface area contributed by atoms with E-state index < -0.39 is 11.4 Å². The highest BCUT2D eigenvalue weighted by Crippen LogP contribution is 2.32. The number of hydrogen-bond acceptors (Lipinski definition) is 2. The average molecular weight is 283 g/mol. The minimum Gasteiger partial charge on any atom is -0.481 e. The molecule has 4 heteroatoms. The molecule has 0 aliphatic carbocycles. The van der Waals surface area contributed by atoms with Gasteiger partial charge in [0.25, 0.3) is 0 Å². The van der Waals surface area contributed by atoms with E-state index in [2.05, 4.69) is 6.92 Å². The summed E-state index contributed by atoms with van der Waals surface area (Å²) in [6.45, 7) is 9.19. The zero-order valence-electron chi connectivity index (χ0n) is 13.3. The largest absolute Gasteiger partial charge is 0.481 e. The number of hydrogen-bond donors (Lipinski definition) is 1. The van der Waals surface area contributed by atoms with Crippen LogP contribution in [-0.4, -0.2) is 35.0 Å². The minimum atomic E-state index is -0.965. The van der Waals surface area contributed by atoms with Gasteiger partial charge in [0.2, 0.25) is 5.91 Å². The minimum absolute atomic E-state index is 0.000327. The maximum Gasteiger partial charge on any atom is 0.310 e. The van der Waals surface area contributed by atoms with E-state index in [1.165, 1.54) is 12.8 Å². The highest BCUT2D eigenvalue weighted by molar-refractivity contribution is 5.85. The van der Waals surface area contributed by atoms with E-state index in [0.717, 1.165) is 25.9 Å². The van der Waals surface area contributed by atoms with Gasteiger partial charge < -0.3 is 10.0 Å². The summed E-state index contributed by atoms with van der Waals surface area (Å²) >= 11 is 0. The second-order valence-electron chi connectivity index (χ2n) is 6.64. The predicted octanol–water partition coefficient (Wildman–Crippen LogP) is 3.16. The van der Waals surface area contributed by atoms with Crippen LogP contribution < -0.4 is 0 Å². The van der Waals surface area contributed by atoms with Crippen LogP contribution in [0.15, 0.2) is 0 Å².